The Hall–Kier alpha value is -0.0894. The Morgan fingerprint density at radius 1 is 1.07 bits per heavy atom. The first-order chi connectivity index (χ1) is 17.9. The number of urea groups is 1. The number of ether oxygens (including phenoxy) is 1. The number of imide groups is 1. The van der Waals surface area contributed by atoms with Gasteiger partial charge in [-0.2, -0.15) is 0 Å². The minimum absolute atomic E-state index is 0.0819. The summed E-state index contributed by atoms with van der Waals surface area (Å²) in [5.74, 6) is -1.06. The standard InChI is InChI=1S/C29H59BrN2O6Si3/c1-24(2,3)27(10)18-32(23(35)31-22(27)34)29(30)19(17-37-39(11)12)28(36,41(15,16)26(7,8)9)20(38-29)21(33)40(13,14)25(4,5)6/h19-21,33,36,39H,17-18H2,1-16H3,(H,31,34,35)/t19?,20-,21?,27?,28-,29+/m1/s1. The fourth-order valence-corrected chi connectivity index (χ4v) is 12.9. The number of aliphatic hydroxyl groups is 2. The predicted molar refractivity (Wildman–Crippen MR) is 178 cm³/mol. The Morgan fingerprint density at radius 2 is 1.56 bits per heavy atom. The highest BCUT2D eigenvalue weighted by Crippen LogP contribution is 2.60. The van der Waals surface area contributed by atoms with E-state index in [2.05, 4.69) is 102 Å². The highest BCUT2D eigenvalue weighted by Gasteiger charge is 2.75. The number of halogens is 1. The first-order valence-electron chi connectivity index (χ1n) is 15.0. The Labute approximate surface area is 261 Å². The second-order valence-corrected chi connectivity index (χ2v) is 31.8. The summed E-state index contributed by atoms with van der Waals surface area (Å²) >= 11 is 3.90. The van der Waals surface area contributed by atoms with Crippen LogP contribution in [0.15, 0.2) is 0 Å². The number of nitrogens with zero attached hydrogens (tertiary/aromatic N) is 1. The zero-order chi connectivity index (χ0) is 32.6. The summed E-state index contributed by atoms with van der Waals surface area (Å²) in [6.45, 7) is 33.6. The van der Waals surface area contributed by atoms with Crippen molar-refractivity contribution in [2.75, 3.05) is 13.2 Å². The molecule has 3 N–H and O–H groups in total. The third kappa shape index (κ3) is 5.86. The molecule has 0 aromatic carbocycles. The van der Waals surface area contributed by atoms with E-state index in [1.54, 1.807) is 0 Å². The highest BCUT2D eigenvalue weighted by molar-refractivity contribution is 9.10. The van der Waals surface area contributed by atoms with Gasteiger partial charge < -0.3 is 19.4 Å². The summed E-state index contributed by atoms with van der Waals surface area (Å²) in [6, 6.07) is -0.583. The lowest BCUT2D eigenvalue weighted by Crippen LogP contribution is -2.74. The molecule has 2 fully saturated rings. The van der Waals surface area contributed by atoms with Gasteiger partial charge in [-0.25, -0.2) is 4.79 Å². The molecular weight excluding hydrogens is 636 g/mol. The molecule has 8 nitrogen and oxygen atoms in total. The van der Waals surface area contributed by atoms with Gasteiger partial charge in [0.1, 0.15) is 6.10 Å². The van der Waals surface area contributed by atoms with Crippen molar-refractivity contribution in [2.45, 2.75) is 140 Å². The lowest BCUT2D eigenvalue weighted by Gasteiger charge is -2.55. The smallest absolute Gasteiger partial charge is 0.327 e. The minimum atomic E-state index is -2.78. The lowest BCUT2D eigenvalue weighted by molar-refractivity contribution is -0.151. The van der Waals surface area contributed by atoms with Crippen molar-refractivity contribution in [2.24, 2.45) is 16.7 Å². The van der Waals surface area contributed by atoms with Crippen LogP contribution in [-0.2, 0) is 14.0 Å². The number of hydrogen-bond donors (Lipinski definition) is 3. The number of alkyl halides is 1. The van der Waals surface area contributed by atoms with E-state index in [1.807, 2.05) is 27.7 Å². The molecule has 0 saturated carbocycles. The predicted octanol–water partition coefficient (Wildman–Crippen LogP) is 5.84. The van der Waals surface area contributed by atoms with Crippen molar-refractivity contribution >= 4 is 53.1 Å². The molecule has 0 spiro atoms. The third-order valence-electron chi connectivity index (χ3n) is 11.6. The first kappa shape index (κ1) is 37.1. The van der Waals surface area contributed by atoms with E-state index in [1.165, 1.54) is 4.90 Å². The molecule has 2 heterocycles. The summed E-state index contributed by atoms with van der Waals surface area (Å²) in [7, 11) is -6.85. The van der Waals surface area contributed by atoms with Crippen LogP contribution in [0.4, 0.5) is 4.79 Å². The normalized spacial score (nSPS) is 33.4. The van der Waals surface area contributed by atoms with Crippen molar-refractivity contribution in [3.05, 3.63) is 0 Å². The lowest BCUT2D eigenvalue weighted by atomic mass is 9.66. The molecule has 2 aliphatic heterocycles. The summed E-state index contributed by atoms with van der Waals surface area (Å²) in [5.41, 5.74) is -2.36. The SMILES string of the molecule is C[SiH](C)OCC1[C@](Br)(N2CC(C)(C(C)(C)C)C(=O)NC2=O)O[C@H](C(O)[Si](C)(C)C(C)(C)C)[C@]1(O)[Si](C)(C)C(C)(C)C. The molecule has 2 rings (SSSR count). The average molecular weight is 696 g/mol. The summed E-state index contributed by atoms with van der Waals surface area (Å²) in [5, 5.41) is 26.3. The Balaban J connectivity index is 2.94. The molecule has 6 atom stereocenters. The Morgan fingerprint density at radius 3 is 1.95 bits per heavy atom. The maximum absolute atomic E-state index is 13.7. The molecule has 2 aliphatic rings. The number of hydrogen-bond acceptors (Lipinski definition) is 6. The van der Waals surface area contributed by atoms with Crippen LogP contribution in [0.5, 0.6) is 0 Å². The largest absolute Gasteiger partial charge is 0.420 e. The molecule has 0 aromatic heterocycles. The van der Waals surface area contributed by atoms with E-state index in [-0.39, 0.29) is 29.1 Å². The van der Waals surface area contributed by atoms with Gasteiger partial charge in [0.15, 0.2) is 9.04 Å². The van der Waals surface area contributed by atoms with Gasteiger partial charge in [-0.3, -0.25) is 15.0 Å². The molecular formula is C29H59BrN2O6Si3. The molecule has 12 heteroatoms. The summed E-state index contributed by atoms with van der Waals surface area (Å²) in [4.78, 5) is 28.5. The molecule has 0 bridgehead atoms. The molecule has 240 valence electrons. The van der Waals surface area contributed by atoms with E-state index in [4.69, 9.17) is 9.16 Å². The Kier molecular flexibility index (Phi) is 10.0. The van der Waals surface area contributed by atoms with Crippen molar-refractivity contribution in [3.8, 4) is 0 Å². The van der Waals surface area contributed by atoms with Gasteiger partial charge in [0.05, 0.1) is 38.4 Å². The zero-order valence-corrected chi connectivity index (χ0v) is 33.3. The van der Waals surface area contributed by atoms with Crippen LogP contribution in [0.1, 0.15) is 69.2 Å². The number of amides is 3. The van der Waals surface area contributed by atoms with E-state index in [0.29, 0.717) is 0 Å². The fraction of sp³-hybridized carbons (Fsp3) is 0.931. The van der Waals surface area contributed by atoms with Crippen molar-refractivity contribution < 1.29 is 29.0 Å². The molecule has 3 unspecified atom stereocenters. The van der Waals surface area contributed by atoms with E-state index in [0.717, 1.165) is 0 Å². The number of nitrogens with one attached hydrogen (secondary N) is 1. The number of carbonyl (C=O) groups excluding carboxylic acids is 2. The van der Waals surface area contributed by atoms with Crippen LogP contribution < -0.4 is 5.32 Å². The number of rotatable bonds is 7. The van der Waals surface area contributed by atoms with Gasteiger partial charge in [-0.1, -0.05) is 88.5 Å². The van der Waals surface area contributed by atoms with Crippen molar-refractivity contribution in [3.63, 3.8) is 0 Å². The monoisotopic (exact) mass is 694 g/mol. The fourth-order valence-electron chi connectivity index (χ4n) is 5.70. The molecule has 0 aliphatic carbocycles. The van der Waals surface area contributed by atoms with Crippen LogP contribution in [0, 0.1) is 16.7 Å². The van der Waals surface area contributed by atoms with Crippen molar-refractivity contribution in [1.29, 1.82) is 0 Å². The first-order valence-corrected chi connectivity index (χ1v) is 24.6. The van der Waals surface area contributed by atoms with Gasteiger partial charge in [-0.05, 0) is 51.4 Å². The highest BCUT2D eigenvalue weighted by atomic mass is 79.9. The minimum Gasteiger partial charge on any atom is -0.420 e. The zero-order valence-electron chi connectivity index (χ0n) is 28.6. The van der Waals surface area contributed by atoms with Gasteiger partial charge in [-0.15, -0.1) is 0 Å². The van der Waals surface area contributed by atoms with Crippen LogP contribution in [0.2, 0.25) is 49.4 Å². The quantitative estimate of drug-likeness (QED) is 0.176. The van der Waals surface area contributed by atoms with Crippen LogP contribution in [-0.4, -0.2) is 87.1 Å². The van der Waals surface area contributed by atoms with Crippen LogP contribution in [0.3, 0.4) is 0 Å². The summed E-state index contributed by atoms with van der Waals surface area (Å²) in [6.07, 6.45) is -0.975. The third-order valence-corrected chi connectivity index (χ3v) is 25.6. The maximum atomic E-state index is 13.7. The average Bonchev–Trinajstić information content (AvgIpc) is 3.00. The second-order valence-electron chi connectivity index (χ2n) is 17.1. The molecule has 2 saturated heterocycles. The van der Waals surface area contributed by atoms with Crippen LogP contribution in [0.25, 0.3) is 0 Å². The van der Waals surface area contributed by atoms with E-state index < -0.39 is 69.7 Å². The Bertz CT molecular complexity index is 1020. The molecule has 0 aromatic rings. The van der Waals surface area contributed by atoms with Gasteiger partial charge in [0.25, 0.3) is 0 Å². The number of aliphatic hydroxyl groups excluding tert-OH is 1. The second kappa shape index (κ2) is 11.1. The van der Waals surface area contributed by atoms with E-state index in [9.17, 15) is 19.8 Å². The van der Waals surface area contributed by atoms with Gasteiger partial charge in [0.2, 0.25) is 10.5 Å². The van der Waals surface area contributed by atoms with Gasteiger partial charge in [0, 0.05) is 13.2 Å². The summed E-state index contributed by atoms with van der Waals surface area (Å²) < 4.78 is 11.8. The van der Waals surface area contributed by atoms with E-state index >= 15 is 0 Å². The van der Waals surface area contributed by atoms with Gasteiger partial charge >= 0.3 is 6.03 Å². The molecule has 0 radical (unpaired) electrons. The topological polar surface area (TPSA) is 108 Å². The number of carbonyl (C=O) groups is 2. The van der Waals surface area contributed by atoms with Crippen molar-refractivity contribution in [1.82, 2.24) is 10.2 Å². The molecule has 3 amide bonds. The molecule has 41 heavy (non-hydrogen) atoms. The maximum Gasteiger partial charge on any atom is 0.327 e. The van der Waals surface area contributed by atoms with Crippen LogP contribution >= 0.6 is 15.9 Å².